The summed E-state index contributed by atoms with van der Waals surface area (Å²) < 4.78 is 30.5. The molecule has 6 nitrogen and oxygen atoms in total. The third-order valence-electron chi connectivity index (χ3n) is 5.43. The van der Waals surface area contributed by atoms with Gasteiger partial charge in [-0.15, -0.1) is 24.0 Å². The van der Waals surface area contributed by atoms with E-state index in [0.29, 0.717) is 43.8 Å². The zero-order chi connectivity index (χ0) is 21.4. The molecule has 0 bridgehead atoms. The molecule has 170 valence electrons. The minimum Gasteiger partial charge on any atom is -0.493 e. The van der Waals surface area contributed by atoms with E-state index in [1.807, 2.05) is 31.2 Å². The molecule has 8 heteroatoms. The van der Waals surface area contributed by atoms with E-state index in [1.54, 1.807) is 26.3 Å². The zero-order valence-corrected chi connectivity index (χ0v) is 20.6. The van der Waals surface area contributed by atoms with Crippen LogP contribution >= 0.6 is 24.0 Å². The van der Waals surface area contributed by atoms with Crippen LogP contribution in [0.2, 0.25) is 0 Å². The maximum atomic E-state index is 13.9. The Morgan fingerprint density at radius 1 is 1.16 bits per heavy atom. The monoisotopic (exact) mass is 543 g/mol. The van der Waals surface area contributed by atoms with Crippen molar-refractivity contribution in [2.24, 2.45) is 4.99 Å². The van der Waals surface area contributed by atoms with Crippen molar-refractivity contribution in [3.8, 4) is 11.5 Å². The Labute approximate surface area is 200 Å². The minimum atomic E-state index is -0.220. The summed E-state index contributed by atoms with van der Waals surface area (Å²) in [4.78, 5) is 4.35. The molecule has 0 radical (unpaired) electrons. The molecule has 3 rings (SSSR count). The van der Waals surface area contributed by atoms with E-state index in [4.69, 9.17) is 14.2 Å². The lowest BCUT2D eigenvalue weighted by atomic mass is 9.74. The average molecular weight is 543 g/mol. The first-order valence-electron chi connectivity index (χ1n) is 10.2. The molecule has 2 aromatic rings. The summed E-state index contributed by atoms with van der Waals surface area (Å²) in [5.74, 6) is 1.76. The van der Waals surface area contributed by atoms with Crippen LogP contribution in [0.4, 0.5) is 10.1 Å². The minimum absolute atomic E-state index is 0. The maximum Gasteiger partial charge on any atom is 0.195 e. The predicted octanol–water partition coefficient (Wildman–Crippen LogP) is 4.59. The fraction of sp³-hybridized carbons (Fsp3) is 0.435. The van der Waals surface area contributed by atoms with Gasteiger partial charge in [0.05, 0.1) is 13.7 Å². The number of benzene rings is 2. The molecule has 0 unspecified atom stereocenters. The number of halogens is 2. The highest BCUT2D eigenvalue weighted by atomic mass is 127. The molecule has 0 aromatic heterocycles. The molecule has 0 atom stereocenters. The second kappa shape index (κ2) is 12.1. The van der Waals surface area contributed by atoms with Crippen molar-refractivity contribution in [1.29, 1.82) is 0 Å². The fourth-order valence-electron chi connectivity index (χ4n) is 3.74. The number of guanidine groups is 1. The molecule has 31 heavy (non-hydrogen) atoms. The molecular weight excluding hydrogens is 512 g/mol. The SMILES string of the molecule is CCOc1cc(NC(=NC)NCC2(c3cccc(F)c3)CCOCC2)ccc1OC.I. The summed E-state index contributed by atoms with van der Waals surface area (Å²) >= 11 is 0. The molecule has 0 saturated carbocycles. The van der Waals surface area contributed by atoms with Gasteiger partial charge in [-0.2, -0.15) is 0 Å². The standard InChI is InChI=1S/C23H30FN3O3.HI/c1-4-30-21-15-19(8-9-20(21)28-3)27-22(25-2)26-16-23(10-12-29-13-11-23)17-6-5-7-18(24)14-17;/h5-9,14-15H,4,10-13,16H2,1-3H3,(H2,25,26,27);1H. The number of nitrogens with one attached hydrogen (secondary N) is 2. The van der Waals surface area contributed by atoms with Crippen molar-refractivity contribution in [2.75, 3.05) is 45.8 Å². The van der Waals surface area contributed by atoms with E-state index >= 15 is 0 Å². The molecule has 1 aliphatic heterocycles. The smallest absolute Gasteiger partial charge is 0.195 e. The van der Waals surface area contributed by atoms with Crippen molar-refractivity contribution in [1.82, 2.24) is 5.32 Å². The average Bonchev–Trinajstić information content (AvgIpc) is 2.77. The summed E-state index contributed by atoms with van der Waals surface area (Å²) in [6.07, 6.45) is 1.63. The van der Waals surface area contributed by atoms with Crippen LogP contribution in [0.1, 0.15) is 25.3 Å². The lowest BCUT2D eigenvalue weighted by Crippen LogP contribution is -2.46. The summed E-state index contributed by atoms with van der Waals surface area (Å²) in [5, 5.41) is 6.71. The number of methoxy groups -OCH3 is 1. The molecule has 0 aliphatic carbocycles. The molecule has 0 amide bonds. The number of rotatable bonds is 7. The highest BCUT2D eigenvalue weighted by Gasteiger charge is 2.35. The van der Waals surface area contributed by atoms with Crippen molar-refractivity contribution < 1.29 is 18.6 Å². The van der Waals surface area contributed by atoms with Crippen LogP contribution in [-0.2, 0) is 10.2 Å². The van der Waals surface area contributed by atoms with Crippen LogP contribution in [0.5, 0.6) is 11.5 Å². The van der Waals surface area contributed by atoms with E-state index in [1.165, 1.54) is 6.07 Å². The molecular formula is C23H31FIN3O3. The van der Waals surface area contributed by atoms with Crippen molar-refractivity contribution in [2.45, 2.75) is 25.2 Å². The highest BCUT2D eigenvalue weighted by molar-refractivity contribution is 14.0. The first-order chi connectivity index (χ1) is 14.6. The number of anilines is 1. The van der Waals surface area contributed by atoms with E-state index in [2.05, 4.69) is 15.6 Å². The fourth-order valence-corrected chi connectivity index (χ4v) is 3.74. The van der Waals surface area contributed by atoms with E-state index < -0.39 is 0 Å². The lowest BCUT2D eigenvalue weighted by molar-refractivity contribution is 0.0513. The van der Waals surface area contributed by atoms with Gasteiger partial charge < -0.3 is 24.8 Å². The Morgan fingerprint density at radius 2 is 1.94 bits per heavy atom. The van der Waals surface area contributed by atoms with Gasteiger partial charge in [-0.1, -0.05) is 12.1 Å². The third-order valence-corrected chi connectivity index (χ3v) is 5.43. The van der Waals surface area contributed by atoms with Crippen LogP contribution in [-0.4, -0.2) is 46.5 Å². The first-order valence-corrected chi connectivity index (χ1v) is 10.2. The van der Waals surface area contributed by atoms with Gasteiger partial charge in [-0.05, 0) is 49.6 Å². The van der Waals surface area contributed by atoms with Crippen LogP contribution < -0.4 is 20.1 Å². The van der Waals surface area contributed by atoms with Crippen LogP contribution in [0.3, 0.4) is 0 Å². The third kappa shape index (κ3) is 6.46. The Bertz CT molecular complexity index is 873. The van der Waals surface area contributed by atoms with Gasteiger partial charge in [0.1, 0.15) is 5.82 Å². The van der Waals surface area contributed by atoms with Gasteiger partial charge in [0.15, 0.2) is 17.5 Å². The number of nitrogens with zero attached hydrogens (tertiary/aromatic N) is 1. The van der Waals surface area contributed by atoms with Gasteiger partial charge in [0, 0.05) is 44.0 Å². The second-order valence-electron chi connectivity index (χ2n) is 7.25. The van der Waals surface area contributed by atoms with E-state index in [9.17, 15) is 4.39 Å². The van der Waals surface area contributed by atoms with Crippen molar-refractivity contribution in [3.63, 3.8) is 0 Å². The largest absolute Gasteiger partial charge is 0.493 e. The maximum absolute atomic E-state index is 13.9. The predicted molar refractivity (Wildman–Crippen MR) is 133 cm³/mol. The normalized spacial score (nSPS) is 15.5. The van der Waals surface area contributed by atoms with Gasteiger partial charge in [0.25, 0.3) is 0 Å². The number of hydrogen-bond acceptors (Lipinski definition) is 4. The second-order valence-corrected chi connectivity index (χ2v) is 7.25. The Hall–Kier alpha value is -2.07. The number of hydrogen-bond donors (Lipinski definition) is 2. The summed E-state index contributed by atoms with van der Waals surface area (Å²) in [6, 6.07) is 12.5. The Morgan fingerprint density at radius 3 is 2.58 bits per heavy atom. The Kier molecular flexibility index (Phi) is 9.83. The van der Waals surface area contributed by atoms with Crippen LogP contribution in [0.25, 0.3) is 0 Å². The van der Waals surface area contributed by atoms with E-state index in [0.717, 1.165) is 24.1 Å². The molecule has 2 aromatic carbocycles. The molecule has 2 N–H and O–H groups in total. The quantitative estimate of drug-likeness (QED) is 0.304. The van der Waals surface area contributed by atoms with Gasteiger partial charge >= 0.3 is 0 Å². The van der Waals surface area contributed by atoms with Gasteiger partial charge in [-0.25, -0.2) is 4.39 Å². The summed E-state index contributed by atoms with van der Waals surface area (Å²) in [6.45, 7) is 4.40. The molecule has 0 spiro atoms. The molecule has 1 fully saturated rings. The van der Waals surface area contributed by atoms with Crippen LogP contribution in [0, 0.1) is 5.82 Å². The highest BCUT2D eigenvalue weighted by Crippen LogP contribution is 2.35. The molecule has 1 aliphatic rings. The zero-order valence-electron chi connectivity index (χ0n) is 18.2. The molecule has 1 saturated heterocycles. The summed E-state index contributed by atoms with van der Waals surface area (Å²) in [7, 11) is 3.34. The van der Waals surface area contributed by atoms with Crippen molar-refractivity contribution >= 4 is 35.6 Å². The molecule has 1 heterocycles. The first kappa shape index (κ1) is 25.2. The lowest BCUT2D eigenvalue weighted by Gasteiger charge is -2.38. The van der Waals surface area contributed by atoms with Crippen LogP contribution in [0.15, 0.2) is 47.5 Å². The Balaban J connectivity index is 0.00000341. The number of ether oxygens (including phenoxy) is 3. The summed E-state index contributed by atoms with van der Waals surface area (Å²) in [5.41, 5.74) is 1.60. The topological polar surface area (TPSA) is 64.1 Å². The number of aliphatic imine (C=N–C) groups is 1. The van der Waals surface area contributed by atoms with Gasteiger partial charge in [0.2, 0.25) is 0 Å². The van der Waals surface area contributed by atoms with Gasteiger partial charge in [-0.3, -0.25) is 4.99 Å². The van der Waals surface area contributed by atoms with E-state index in [-0.39, 0.29) is 35.2 Å². The van der Waals surface area contributed by atoms with Crippen molar-refractivity contribution in [3.05, 3.63) is 53.8 Å².